The number of ether oxygens (including phenoxy) is 1. The lowest BCUT2D eigenvalue weighted by atomic mass is 9.98. The first-order valence-electron chi connectivity index (χ1n) is 12.6. The maximum atomic E-state index is 13.8. The number of carbonyl (C=O) groups is 3. The number of carboxylic acids is 1. The summed E-state index contributed by atoms with van der Waals surface area (Å²) in [7, 11) is -3.64. The van der Waals surface area contributed by atoms with Crippen LogP contribution >= 0.6 is 7.37 Å². The summed E-state index contributed by atoms with van der Waals surface area (Å²) in [6.07, 6.45) is 1.57. The maximum absolute atomic E-state index is 13.8. The Morgan fingerprint density at radius 2 is 1.66 bits per heavy atom. The highest BCUT2D eigenvalue weighted by Crippen LogP contribution is 2.48. The van der Waals surface area contributed by atoms with Crippen molar-refractivity contribution < 1.29 is 33.3 Å². The quantitative estimate of drug-likeness (QED) is 0.174. The molecule has 2 atom stereocenters. The monoisotopic (exact) mass is 542 g/mol. The molecule has 3 rings (SSSR count). The lowest BCUT2D eigenvalue weighted by molar-refractivity contribution is -0.159. The van der Waals surface area contributed by atoms with E-state index in [0.29, 0.717) is 24.1 Å². The van der Waals surface area contributed by atoms with E-state index in [0.717, 1.165) is 17.0 Å². The minimum atomic E-state index is -3.64. The van der Waals surface area contributed by atoms with Gasteiger partial charge in [-0.25, -0.2) is 9.80 Å². The van der Waals surface area contributed by atoms with Crippen LogP contribution in [0.5, 0.6) is 0 Å². The summed E-state index contributed by atoms with van der Waals surface area (Å²) in [6.45, 7) is 4.50. The van der Waals surface area contributed by atoms with Gasteiger partial charge in [-0.15, -0.1) is 0 Å². The average molecular weight is 543 g/mol. The molecule has 2 aromatic rings. The highest BCUT2D eigenvalue weighted by atomic mass is 31.2. The highest BCUT2D eigenvalue weighted by molar-refractivity contribution is 7.59. The molecule has 0 aromatic heterocycles. The summed E-state index contributed by atoms with van der Waals surface area (Å²) in [5.41, 5.74) is 1.54. The fraction of sp³-hybridized carbons (Fsp3) is 0.429. The predicted molar refractivity (Wildman–Crippen MR) is 144 cm³/mol. The van der Waals surface area contributed by atoms with Gasteiger partial charge in [-0.2, -0.15) is 5.10 Å². The Kier molecular flexibility index (Phi) is 10.00. The minimum absolute atomic E-state index is 0.0382. The molecule has 1 heterocycles. The lowest BCUT2D eigenvalue weighted by Crippen LogP contribution is -2.40. The first-order chi connectivity index (χ1) is 18.0. The van der Waals surface area contributed by atoms with E-state index in [2.05, 4.69) is 5.10 Å². The van der Waals surface area contributed by atoms with Crippen LogP contribution in [0.3, 0.4) is 0 Å². The van der Waals surface area contributed by atoms with Gasteiger partial charge in [0.15, 0.2) is 12.8 Å². The molecule has 204 valence electrons. The first kappa shape index (κ1) is 29.3. The van der Waals surface area contributed by atoms with Crippen LogP contribution in [0.25, 0.3) is 0 Å². The molecule has 0 fully saturated rings. The van der Waals surface area contributed by atoms with Crippen LogP contribution in [-0.4, -0.2) is 58.8 Å². The Morgan fingerprint density at radius 3 is 2.26 bits per heavy atom. The number of hydrazone groups is 1. The second-order valence-electron chi connectivity index (χ2n) is 10.3. The fourth-order valence-electron chi connectivity index (χ4n) is 3.92. The SMILES string of the molecule is CC(C)(C)C(=O)OCOP(=O)(CCCCc1ccccc1)CC(=O)N1N=C(c2ccccc2)CC1C(=O)O. The van der Waals surface area contributed by atoms with Gasteiger partial charge in [0.2, 0.25) is 7.37 Å². The predicted octanol–water partition coefficient (Wildman–Crippen LogP) is 4.94. The average Bonchev–Trinajstić information content (AvgIpc) is 3.34. The molecule has 0 saturated heterocycles. The second-order valence-corrected chi connectivity index (χ2v) is 12.9. The van der Waals surface area contributed by atoms with Crippen molar-refractivity contribution in [2.24, 2.45) is 10.5 Å². The van der Waals surface area contributed by atoms with Gasteiger partial charge in [0.1, 0.15) is 6.16 Å². The van der Waals surface area contributed by atoms with Gasteiger partial charge in [-0.05, 0) is 51.2 Å². The van der Waals surface area contributed by atoms with Gasteiger partial charge in [-0.1, -0.05) is 60.7 Å². The number of aryl methyl sites for hydroxylation is 1. The van der Waals surface area contributed by atoms with E-state index >= 15 is 0 Å². The van der Waals surface area contributed by atoms with Gasteiger partial charge >= 0.3 is 11.9 Å². The number of carboxylic acid groups (broad SMARTS) is 1. The van der Waals surface area contributed by atoms with E-state index in [1.165, 1.54) is 0 Å². The van der Waals surface area contributed by atoms with Crippen molar-refractivity contribution in [1.82, 2.24) is 5.01 Å². The lowest BCUT2D eigenvalue weighted by Gasteiger charge is -2.23. The van der Waals surface area contributed by atoms with E-state index in [1.807, 2.05) is 36.4 Å². The molecule has 1 aliphatic rings. The van der Waals surface area contributed by atoms with Crippen molar-refractivity contribution in [3.63, 3.8) is 0 Å². The van der Waals surface area contributed by atoms with Crippen molar-refractivity contribution in [3.8, 4) is 0 Å². The molecule has 38 heavy (non-hydrogen) atoms. The summed E-state index contributed by atoms with van der Waals surface area (Å²) in [4.78, 5) is 37.3. The van der Waals surface area contributed by atoms with E-state index in [9.17, 15) is 24.1 Å². The summed E-state index contributed by atoms with van der Waals surface area (Å²) >= 11 is 0. The third-order valence-corrected chi connectivity index (χ3v) is 8.41. The smallest absolute Gasteiger partial charge is 0.329 e. The Morgan fingerprint density at radius 1 is 1.03 bits per heavy atom. The zero-order valence-corrected chi connectivity index (χ0v) is 22.9. The number of unbranched alkanes of at least 4 members (excludes halogenated alkanes) is 1. The summed E-state index contributed by atoms with van der Waals surface area (Å²) in [5.74, 6) is -2.44. The van der Waals surface area contributed by atoms with Crippen LogP contribution in [0, 0.1) is 5.41 Å². The number of carbonyl (C=O) groups excluding carboxylic acids is 2. The second kappa shape index (κ2) is 13.0. The Labute approximate surface area is 223 Å². The number of nitrogens with zero attached hydrogens (tertiary/aromatic N) is 2. The largest absolute Gasteiger partial charge is 0.480 e. The molecule has 10 heteroatoms. The molecular formula is C28H35N2O7P. The molecule has 9 nitrogen and oxygen atoms in total. The van der Waals surface area contributed by atoms with E-state index in [4.69, 9.17) is 9.26 Å². The van der Waals surface area contributed by atoms with Crippen molar-refractivity contribution in [2.75, 3.05) is 19.1 Å². The molecule has 1 N–H and O–H groups in total. The first-order valence-corrected chi connectivity index (χ1v) is 14.6. The molecule has 1 aliphatic heterocycles. The minimum Gasteiger partial charge on any atom is -0.480 e. The number of rotatable bonds is 12. The van der Waals surface area contributed by atoms with E-state index in [-0.39, 0.29) is 12.6 Å². The van der Waals surface area contributed by atoms with Gasteiger partial charge in [0.05, 0.1) is 11.1 Å². The van der Waals surface area contributed by atoms with Crippen LogP contribution in [0.4, 0.5) is 0 Å². The molecular weight excluding hydrogens is 507 g/mol. The topological polar surface area (TPSA) is 123 Å². The normalized spacial score (nSPS) is 17.0. The number of esters is 1. The fourth-order valence-corrected chi connectivity index (χ4v) is 5.81. The van der Waals surface area contributed by atoms with Crippen molar-refractivity contribution in [1.29, 1.82) is 0 Å². The van der Waals surface area contributed by atoms with Crippen LogP contribution in [0.15, 0.2) is 65.8 Å². The number of benzene rings is 2. The molecule has 0 saturated carbocycles. The third-order valence-electron chi connectivity index (χ3n) is 6.08. The molecule has 0 radical (unpaired) electrons. The zero-order valence-electron chi connectivity index (χ0n) is 22.0. The zero-order chi connectivity index (χ0) is 27.8. The molecule has 2 aromatic carbocycles. The van der Waals surface area contributed by atoms with Crippen molar-refractivity contribution >= 4 is 30.9 Å². The third kappa shape index (κ3) is 8.36. The van der Waals surface area contributed by atoms with Crippen molar-refractivity contribution in [3.05, 3.63) is 71.8 Å². The Balaban J connectivity index is 1.71. The van der Waals surface area contributed by atoms with Crippen LogP contribution in [0.2, 0.25) is 0 Å². The van der Waals surface area contributed by atoms with E-state index in [1.54, 1.807) is 45.0 Å². The van der Waals surface area contributed by atoms with Crippen LogP contribution < -0.4 is 0 Å². The molecule has 1 amide bonds. The standard InChI is InChI=1S/C28H35N2O7P/c1-28(2,3)27(34)36-20-37-38(35,17-11-10-14-21-12-6-4-7-13-21)19-25(31)30-24(26(32)33)18-23(29-30)22-15-8-5-9-16-22/h4-9,12-13,15-16,24H,10-11,14,17-20H2,1-3H3,(H,32,33). The van der Waals surface area contributed by atoms with Gasteiger partial charge in [-0.3, -0.25) is 18.7 Å². The number of hydrogen-bond acceptors (Lipinski definition) is 7. The van der Waals surface area contributed by atoms with Crippen molar-refractivity contribution in [2.45, 2.75) is 52.5 Å². The Bertz CT molecular complexity index is 1190. The Hall–Kier alpha value is -3.29. The number of hydrogen-bond donors (Lipinski definition) is 1. The number of amides is 1. The molecule has 0 aliphatic carbocycles. The van der Waals surface area contributed by atoms with Gasteiger partial charge in [0, 0.05) is 12.6 Å². The number of aliphatic carboxylic acids is 1. The molecule has 0 bridgehead atoms. The van der Waals surface area contributed by atoms with E-state index < -0.39 is 49.6 Å². The highest BCUT2D eigenvalue weighted by Gasteiger charge is 2.40. The summed E-state index contributed by atoms with van der Waals surface area (Å²) in [6, 6.07) is 17.6. The van der Waals surface area contributed by atoms with Gasteiger partial charge in [0.25, 0.3) is 5.91 Å². The summed E-state index contributed by atoms with van der Waals surface area (Å²) < 4.78 is 24.5. The molecule has 0 spiro atoms. The van der Waals surface area contributed by atoms with Crippen LogP contribution in [0.1, 0.15) is 51.2 Å². The van der Waals surface area contributed by atoms with Crippen LogP contribution in [-0.2, 0) is 34.6 Å². The summed E-state index contributed by atoms with van der Waals surface area (Å²) in [5, 5.41) is 14.9. The maximum Gasteiger partial charge on any atom is 0.329 e. The van der Waals surface area contributed by atoms with Gasteiger partial charge < -0.3 is 9.84 Å². The molecule has 2 unspecified atom stereocenters.